The molecule has 17 heavy (non-hydrogen) atoms. The number of carbonyl (C=O) groups is 1. The molecule has 0 radical (unpaired) electrons. The van der Waals surface area contributed by atoms with Crippen molar-refractivity contribution in [1.82, 2.24) is 10.2 Å². The molecule has 0 spiro atoms. The predicted molar refractivity (Wildman–Crippen MR) is 63.7 cm³/mol. The van der Waals surface area contributed by atoms with Crippen LogP contribution in [0.5, 0.6) is 0 Å². The maximum Gasteiger partial charge on any atom is 0.410 e. The second-order valence-electron chi connectivity index (χ2n) is 5.97. The Morgan fingerprint density at radius 1 is 1.41 bits per heavy atom. The molecule has 0 saturated carbocycles. The first kappa shape index (κ1) is 12.6. The average Bonchev–Trinajstić information content (AvgIpc) is 2.63. The Morgan fingerprint density at radius 3 is 2.76 bits per heavy atom. The Kier molecular flexibility index (Phi) is 3.32. The zero-order chi connectivity index (χ0) is 12.6. The lowest BCUT2D eigenvalue weighted by Crippen LogP contribution is -2.55. The van der Waals surface area contributed by atoms with Crippen molar-refractivity contribution in [2.75, 3.05) is 19.6 Å². The lowest BCUT2D eigenvalue weighted by Gasteiger charge is -2.38. The molecule has 98 valence electrons. The van der Waals surface area contributed by atoms with Crippen molar-refractivity contribution in [2.45, 2.75) is 44.9 Å². The van der Waals surface area contributed by atoms with Crippen molar-refractivity contribution in [2.24, 2.45) is 5.92 Å². The molecule has 2 saturated heterocycles. The van der Waals surface area contributed by atoms with Crippen LogP contribution in [0.25, 0.3) is 0 Å². The normalized spacial score (nSPS) is 33.4. The van der Waals surface area contributed by atoms with E-state index in [1.165, 1.54) is 0 Å². The number of hydrogen-bond acceptors (Lipinski definition) is 4. The smallest absolute Gasteiger partial charge is 0.410 e. The number of rotatable bonds is 0. The summed E-state index contributed by atoms with van der Waals surface area (Å²) in [7, 11) is 0. The third kappa shape index (κ3) is 2.90. The Labute approximate surface area is 102 Å². The van der Waals surface area contributed by atoms with Crippen LogP contribution in [0.4, 0.5) is 4.79 Å². The molecule has 0 bridgehead atoms. The molecule has 0 aromatic carbocycles. The molecule has 1 amide bonds. The molecule has 2 aliphatic rings. The molecule has 3 atom stereocenters. The minimum atomic E-state index is -0.484. The van der Waals surface area contributed by atoms with E-state index in [0.29, 0.717) is 13.1 Å². The number of nitrogens with zero attached hydrogens (tertiary/aromatic N) is 1. The molecular formula is C12H22N2O3. The van der Waals surface area contributed by atoms with Crippen LogP contribution in [-0.4, -0.2) is 53.5 Å². The molecule has 0 aromatic rings. The number of fused-ring (bicyclic) bond motifs is 1. The van der Waals surface area contributed by atoms with Gasteiger partial charge in [0.1, 0.15) is 5.60 Å². The number of likely N-dealkylation sites (tertiary alicyclic amines) is 1. The lowest BCUT2D eigenvalue weighted by atomic mass is 9.90. The number of piperidine rings is 1. The van der Waals surface area contributed by atoms with Gasteiger partial charge in [0, 0.05) is 18.5 Å². The van der Waals surface area contributed by atoms with Crippen molar-refractivity contribution >= 4 is 6.09 Å². The van der Waals surface area contributed by atoms with Gasteiger partial charge in [-0.15, -0.1) is 0 Å². The molecule has 5 nitrogen and oxygen atoms in total. The number of amides is 1. The first-order valence-electron chi connectivity index (χ1n) is 6.26. The first-order valence-corrected chi connectivity index (χ1v) is 6.26. The summed E-state index contributed by atoms with van der Waals surface area (Å²) in [6.45, 7) is 7.49. The topological polar surface area (TPSA) is 61.8 Å². The number of ether oxygens (including phenoxy) is 1. The van der Waals surface area contributed by atoms with Gasteiger partial charge in [-0.2, -0.15) is 0 Å². The molecule has 2 heterocycles. The van der Waals surface area contributed by atoms with Crippen LogP contribution in [-0.2, 0) is 4.74 Å². The molecular weight excluding hydrogens is 220 g/mol. The second kappa shape index (κ2) is 4.46. The van der Waals surface area contributed by atoms with E-state index in [2.05, 4.69) is 5.32 Å². The van der Waals surface area contributed by atoms with E-state index in [9.17, 15) is 9.90 Å². The van der Waals surface area contributed by atoms with E-state index in [-0.39, 0.29) is 18.1 Å². The standard InChI is InChI=1S/C12H22N2O3/c1-12(2,3)17-11(16)14-6-9-8(4-5-13-9)10(15)7-14/h8-10,13,15H,4-7H2,1-3H3. The van der Waals surface area contributed by atoms with Crippen LogP contribution in [0.2, 0.25) is 0 Å². The van der Waals surface area contributed by atoms with Crippen LogP contribution in [0.3, 0.4) is 0 Å². The number of nitrogens with one attached hydrogen (secondary N) is 1. The zero-order valence-corrected chi connectivity index (χ0v) is 10.8. The van der Waals surface area contributed by atoms with Crippen LogP contribution < -0.4 is 5.32 Å². The van der Waals surface area contributed by atoms with Crippen molar-refractivity contribution in [3.8, 4) is 0 Å². The Balaban J connectivity index is 1.96. The third-order valence-electron chi connectivity index (χ3n) is 3.37. The minimum Gasteiger partial charge on any atom is -0.444 e. The Hall–Kier alpha value is -0.810. The van der Waals surface area contributed by atoms with Gasteiger partial charge in [0.05, 0.1) is 12.6 Å². The summed E-state index contributed by atoms with van der Waals surface area (Å²) in [5.74, 6) is 0.286. The fraction of sp³-hybridized carbons (Fsp3) is 0.917. The van der Waals surface area contributed by atoms with Gasteiger partial charge < -0.3 is 20.1 Å². The lowest BCUT2D eigenvalue weighted by molar-refractivity contribution is -0.0160. The number of aliphatic hydroxyl groups is 1. The van der Waals surface area contributed by atoms with Crippen molar-refractivity contribution < 1.29 is 14.6 Å². The predicted octanol–water partition coefficient (Wildman–Crippen LogP) is 0.576. The van der Waals surface area contributed by atoms with E-state index in [1.807, 2.05) is 20.8 Å². The largest absolute Gasteiger partial charge is 0.444 e. The van der Waals surface area contributed by atoms with Crippen LogP contribution in [0.15, 0.2) is 0 Å². The third-order valence-corrected chi connectivity index (χ3v) is 3.37. The average molecular weight is 242 g/mol. The molecule has 2 rings (SSSR count). The van der Waals surface area contributed by atoms with Crippen LogP contribution in [0, 0.1) is 5.92 Å². The summed E-state index contributed by atoms with van der Waals surface area (Å²) >= 11 is 0. The second-order valence-corrected chi connectivity index (χ2v) is 5.97. The zero-order valence-electron chi connectivity index (χ0n) is 10.8. The summed E-state index contributed by atoms with van der Waals surface area (Å²) in [6, 6.07) is 0.214. The van der Waals surface area contributed by atoms with E-state index in [1.54, 1.807) is 4.90 Å². The van der Waals surface area contributed by atoms with Crippen LogP contribution in [0.1, 0.15) is 27.2 Å². The highest BCUT2D eigenvalue weighted by Gasteiger charge is 2.41. The highest BCUT2D eigenvalue weighted by Crippen LogP contribution is 2.26. The molecule has 2 N–H and O–H groups in total. The van der Waals surface area contributed by atoms with E-state index < -0.39 is 11.7 Å². The summed E-state index contributed by atoms with van der Waals surface area (Å²) in [4.78, 5) is 13.5. The number of aliphatic hydroxyl groups excluding tert-OH is 1. The monoisotopic (exact) mass is 242 g/mol. The highest BCUT2D eigenvalue weighted by molar-refractivity contribution is 5.68. The fourth-order valence-electron chi connectivity index (χ4n) is 2.60. The van der Waals surface area contributed by atoms with Gasteiger partial charge in [-0.05, 0) is 33.7 Å². The Morgan fingerprint density at radius 2 is 2.12 bits per heavy atom. The number of β-amino-alcohol motifs (C(OH)–C–C–N with tert-alkyl or cyclic N) is 1. The summed E-state index contributed by atoms with van der Waals surface area (Å²) < 4.78 is 5.32. The summed E-state index contributed by atoms with van der Waals surface area (Å²) in [5, 5.41) is 13.3. The van der Waals surface area contributed by atoms with Gasteiger partial charge in [-0.3, -0.25) is 0 Å². The molecule has 3 unspecified atom stereocenters. The quantitative estimate of drug-likeness (QED) is 0.652. The van der Waals surface area contributed by atoms with Crippen molar-refractivity contribution in [3.63, 3.8) is 0 Å². The van der Waals surface area contributed by atoms with E-state index in [0.717, 1.165) is 13.0 Å². The fourth-order valence-corrected chi connectivity index (χ4v) is 2.60. The molecule has 0 aliphatic carbocycles. The summed E-state index contributed by atoms with van der Waals surface area (Å²) in [5.41, 5.74) is -0.484. The molecule has 5 heteroatoms. The first-order chi connectivity index (χ1) is 7.87. The van der Waals surface area contributed by atoms with Gasteiger partial charge in [0.25, 0.3) is 0 Å². The highest BCUT2D eigenvalue weighted by atomic mass is 16.6. The molecule has 0 aromatic heterocycles. The van der Waals surface area contributed by atoms with Gasteiger partial charge in [0.2, 0.25) is 0 Å². The van der Waals surface area contributed by atoms with Gasteiger partial charge in [0.15, 0.2) is 0 Å². The van der Waals surface area contributed by atoms with Crippen molar-refractivity contribution in [3.05, 3.63) is 0 Å². The van der Waals surface area contributed by atoms with E-state index >= 15 is 0 Å². The Bertz CT molecular complexity index is 301. The van der Waals surface area contributed by atoms with Gasteiger partial charge >= 0.3 is 6.09 Å². The van der Waals surface area contributed by atoms with Gasteiger partial charge in [-0.1, -0.05) is 0 Å². The molecule has 2 aliphatic heterocycles. The maximum atomic E-state index is 11.9. The molecule has 2 fully saturated rings. The maximum absolute atomic E-state index is 11.9. The van der Waals surface area contributed by atoms with E-state index in [4.69, 9.17) is 4.74 Å². The minimum absolute atomic E-state index is 0.214. The van der Waals surface area contributed by atoms with Crippen molar-refractivity contribution in [1.29, 1.82) is 0 Å². The summed E-state index contributed by atoms with van der Waals surface area (Å²) in [6.07, 6.45) is 0.230. The number of hydrogen-bond donors (Lipinski definition) is 2. The van der Waals surface area contributed by atoms with Gasteiger partial charge in [-0.25, -0.2) is 4.79 Å². The van der Waals surface area contributed by atoms with Crippen LogP contribution >= 0.6 is 0 Å². The SMILES string of the molecule is CC(C)(C)OC(=O)N1CC(O)C2CCNC2C1. The number of carbonyl (C=O) groups excluding carboxylic acids is 1.